The molecule has 0 bridgehead atoms. The lowest BCUT2D eigenvalue weighted by Crippen LogP contribution is -2.67. The van der Waals surface area contributed by atoms with Crippen molar-refractivity contribution in [1.82, 2.24) is 0 Å². The molecule has 2 unspecified atom stereocenters. The summed E-state index contributed by atoms with van der Waals surface area (Å²) in [5.74, 6) is 0. The van der Waals surface area contributed by atoms with Crippen LogP contribution < -0.4 is 0 Å². The van der Waals surface area contributed by atoms with Gasteiger partial charge < -0.3 is 16.5 Å². The average molecular weight is 437 g/mol. The minimum Gasteiger partial charge on any atom is -0.416 e. The Hall–Kier alpha value is 0.708. The predicted octanol–water partition coefficient (Wildman–Crippen LogP) is 6.77. The molecule has 1 heterocycles. The molecule has 1 aliphatic heterocycles. The van der Waals surface area contributed by atoms with Crippen LogP contribution in [0.3, 0.4) is 0 Å². The lowest BCUT2D eigenvalue weighted by molar-refractivity contribution is 0.221. The van der Waals surface area contributed by atoms with Crippen molar-refractivity contribution < 1.29 is 16.5 Å². The summed E-state index contributed by atoms with van der Waals surface area (Å²) in [6.07, 6.45) is 7.04. The van der Waals surface area contributed by atoms with Gasteiger partial charge in [-0.15, -0.1) is 0 Å². The fraction of sp³-hybridized carbons (Fsp3) is 1.00. The van der Waals surface area contributed by atoms with E-state index in [-0.39, 0.29) is 0 Å². The number of hydrogen-bond acceptors (Lipinski definition) is 4. The van der Waals surface area contributed by atoms with Crippen LogP contribution >= 0.6 is 0 Å². The summed E-state index contributed by atoms with van der Waals surface area (Å²) in [5.41, 5.74) is 0. The van der Waals surface area contributed by atoms with Gasteiger partial charge in [-0.25, -0.2) is 0 Å². The van der Waals surface area contributed by atoms with Crippen LogP contribution in [0.2, 0.25) is 50.4 Å². The van der Waals surface area contributed by atoms with Gasteiger partial charge in [-0.3, -0.25) is 0 Å². The van der Waals surface area contributed by atoms with Crippen LogP contribution in [-0.2, 0) is 16.5 Å². The van der Waals surface area contributed by atoms with Gasteiger partial charge in [0, 0.05) is 0 Å². The SMILES string of the molecule is CCCC[Si]1(C)O[Si](C)(CC)O[Si](C)(CCCC)O[Si](C)(CCCC)O1. The van der Waals surface area contributed by atoms with Crippen LogP contribution in [0.5, 0.6) is 0 Å². The molecule has 1 rings (SSSR count). The molecular weight excluding hydrogens is 393 g/mol. The summed E-state index contributed by atoms with van der Waals surface area (Å²) in [5, 5.41) is 0. The Bertz CT molecular complexity index is 400. The van der Waals surface area contributed by atoms with Gasteiger partial charge in [-0.1, -0.05) is 66.2 Å². The van der Waals surface area contributed by atoms with Crippen molar-refractivity contribution in [3.63, 3.8) is 0 Å². The van der Waals surface area contributed by atoms with Gasteiger partial charge >= 0.3 is 34.2 Å². The first kappa shape index (κ1) is 24.7. The van der Waals surface area contributed by atoms with Gasteiger partial charge in [0.05, 0.1) is 0 Å². The van der Waals surface area contributed by atoms with E-state index in [0.29, 0.717) is 0 Å². The highest BCUT2D eigenvalue weighted by Gasteiger charge is 2.55. The van der Waals surface area contributed by atoms with Gasteiger partial charge in [0.1, 0.15) is 0 Å². The van der Waals surface area contributed by atoms with E-state index in [2.05, 4.69) is 53.9 Å². The maximum absolute atomic E-state index is 6.97. The fourth-order valence-electron chi connectivity index (χ4n) is 3.85. The largest absolute Gasteiger partial charge is 0.416 e. The van der Waals surface area contributed by atoms with Crippen LogP contribution in [0, 0.1) is 0 Å². The highest BCUT2D eigenvalue weighted by atomic mass is 28.5. The van der Waals surface area contributed by atoms with E-state index in [1.165, 1.54) is 38.5 Å². The molecule has 0 radical (unpaired) electrons. The quantitative estimate of drug-likeness (QED) is 0.354. The molecule has 0 aromatic rings. The minimum atomic E-state index is -2.29. The van der Waals surface area contributed by atoms with E-state index in [9.17, 15) is 0 Å². The lowest BCUT2D eigenvalue weighted by atomic mass is 10.4. The zero-order chi connectivity index (χ0) is 19.9. The van der Waals surface area contributed by atoms with Crippen molar-refractivity contribution >= 4 is 34.2 Å². The summed E-state index contributed by atoms with van der Waals surface area (Å²) < 4.78 is 27.7. The third-order valence-electron chi connectivity index (χ3n) is 5.32. The Morgan fingerprint density at radius 2 is 0.731 bits per heavy atom. The number of hydrogen-bond donors (Lipinski definition) is 0. The molecule has 0 amide bonds. The van der Waals surface area contributed by atoms with Crippen LogP contribution in [0.15, 0.2) is 0 Å². The summed E-state index contributed by atoms with van der Waals surface area (Å²) in [7, 11) is -9.11. The van der Waals surface area contributed by atoms with Gasteiger partial charge in [0.25, 0.3) is 0 Å². The molecule has 1 aliphatic rings. The maximum Gasteiger partial charge on any atom is 0.317 e. The van der Waals surface area contributed by atoms with Crippen molar-refractivity contribution in [3.05, 3.63) is 0 Å². The Morgan fingerprint density at radius 3 is 0.962 bits per heavy atom. The summed E-state index contributed by atoms with van der Waals surface area (Å²) in [6, 6.07) is 4.14. The molecule has 0 spiro atoms. The smallest absolute Gasteiger partial charge is 0.317 e. The zero-order valence-corrected chi connectivity index (χ0v) is 22.7. The summed E-state index contributed by atoms with van der Waals surface area (Å²) in [6.45, 7) is 18.0. The molecule has 0 N–H and O–H groups in total. The minimum absolute atomic E-state index is 0.969. The molecule has 26 heavy (non-hydrogen) atoms. The van der Waals surface area contributed by atoms with E-state index in [4.69, 9.17) is 16.5 Å². The Morgan fingerprint density at radius 1 is 0.462 bits per heavy atom. The van der Waals surface area contributed by atoms with Crippen molar-refractivity contribution in [3.8, 4) is 0 Å². The second-order valence-corrected chi connectivity index (χ2v) is 23.2. The van der Waals surface area contributed by atoms with E-state index in [1.54, 1.807) is 0 Å². The molecule has 0 aromatic heterocycles. The van der Waals surface area contributed by atoms with Gasteiger partial charge in [-0.05, 0) is 50.4 Å². The second kappa shape index (κ2) is 10.5. The molecule has 156 valence electrons. The first-order valence-corrected chi connectivity index (χ1v) is 21.0. The Balaban J connectivity index is 3.19. The highest BCUT2D eigenvalue weighted by molar-refractivity contribution is 6.93. The van der Waals surface area contributed by atoms with Crippen molar-refractivity contribution in [2.75, 3.05) is 0 Å². The van der Waals surface area contributed by atoms with Gasteiger partial charge in [0.15, 0.2) is 0 Å². The Kier molecular flexibility index (Phi) is 9.97. The monoisotopic (exact) mass is 436 g/mol. The molecule has 0 saturated carbocycles. The summed E-state index contributed by atoms with van der Waals surface area (Å²) >= 11 is 0. The van der Waals surface area contributed by atoms with Crippen LogP contribution in [0.4, 0.5) is 0 Å². The predicted molar refractivity (Wildman–Crippen MR) is 120 cm³/mol. The van der Waals surface area contributed by atoms with Gasteiger partial charge in [-0.2, -0.15) is 0 Å². The standard InChI is InChI=1S/C18H44O4Si4/c1-9-13-16-24(6)19-23(5,12-4)20-25(7,17-14-10-2)22-26(8,21-24)18-15-11-3/h9-18H2,1-8H3. The molecule has 2 atom stereocenters. The zero-order valence-electron chi connectivity index (χ0n) is 18.7. The highest BCUT2D eigenvalue weighted by Crippen LogP contribution is 2.38. The third kappa shape index (κ3) is 7.61. The molecular formula is C18H44O4Si4. The van der Waals surface area contributed by atoms with Gasteiger partial charge in [0.2, 0.25) is 0 Å². The van der Waals surface area contributed by atoms with Crippen LogP contribution in [0.25, 0.3) is 0 Å². The molecule has 0 aromatic carbocycles. The number of unbranched alkanes of at least 4 members (excludes halogenated alkanes) is 3. The topological polar surface area (TPSA) is 36.9 Å². The third-order valence-corrected chi connectivity index (χ3v) is 24.2. The normalized spacial score (nSPS) is 38.8. The first-order valence-electron chi connectivity index (χ1n) is 10.9. The van der Waals surface area contributed by atoms with E-state index < -0.39 is 34.2 Å². The van der Waals surface area contributed by atoms with E-state index in [0.717, 1.165) is 24.2 Å². The second-order valence-electron chi connectivity index (χ2n) is 8.61. The molecule has 1 saturated heterocycles. The fourth-order valence-corrected chi connectivity index (χ4v) is 27.2. The Labute approximate surface area is 167 Å². The van der Waals surface area contributed by atoms with Crippen LogP contribution in [-0.4, -0.2) is 34.2 Å². The van der Waals surface area contributed by atoms with Crippen molar-refractivity contribution in [2.45, 2.75) is 117 Å². The summed E-state index contributed by atoms with van der Waals surface area (Å²) in [4.78, 5) is 0. The molecule has 1 fully saturated rings. The van der Waals surface area contributed by atoms with E-state index in [1.807, 2.05) is 0 Å². The first-order chi connectivity index (χ1) is 12.1. The number of rotatable bonds is 10. The molecule has 0 aliphatic carbocycles. The lowest BCUT2D eigenvalue weighted by Gasteiger charge is -2.50. The van der Waals surface area contributed by atoms with Crippen LogP contribution in [0.1, 0.15) is 66.2 Å². The maximum atomic E-state index is 6.97. The van der Waals surface area contributed by atoms with Crippen molar-refractivity contribution in [2.24, 2.45) is 0 Å². The molecule has 4 nitrogen and oxygen atoms in total. The van der Waals surface area contributed by atoms with E-state index >= 15 is 0 Å². The van der Waals surface area contributed by atoms with Crippen molar-refractivity contribution in [1.29, 1.82) is 0 Å². The molecule has 8 heteroatoms. The average Bonchev–Trinajstić information content (AvgIpc) is 2.55.